The Morgan fingerprint density at radius 2 is 1.20 bits per heavy atom. The van der Waals surface area contributed by atoms with Crippen LogP contribution in [-0.4, -0.2) is 29.2 Å². The molecule has 0 aliphatic carbocycles. The second kappa shape index (κ2) is 15.1. The van der Waals surface area contributed by atoms with E-state index in [0.717, 1.165) is 22.4 Å². The molecule has 10 nitrogen and oxygen atoms in total. The first-order valence-corrected chi connectivity index (χ1v) is 14.6. The Kier molecular flexibility index (Phi) is 11.6. The Labute approximate surface area is 265 Å². The molecule has 0 saturated carbocycles. The third-order valence-electron chi connectivity index (χ3n) is 5.62. The van der Waals surface area contributed by atoms with Gasteiger partial charge >= 0.3 is 12.2 Å². The van der Waals surface area contributed by atoms with E-state index in [1.165, 1.54) is 0 Å². The molecule has 0 atom stereocenters. The topological polar surface area (TPSA) is 120 Å². The fraction of sp³-hybridized carbons (Fsp3) is 0.343. The summed E-state index contributed by atoms with van der Waals surface area (Å²) in [4.78, 5) is 28.3. The number of anilines is 1. The van der Waals surface area contributed by atoms with Gasteiger partial charge in [-0.15, -0.1) is 0 Å². The normalized spacial score (nSPS) is 11.7. The zero-order chi connectivity index (χ0) is 33.2. The Morgan fingerprint density at radius 3 is 1.69 bits per heavy atom. The Bertz CT molecular complexity index is 1500. The van der Waals surface area contributed by atoms with Crippen LogP contribution >= 0.6 is 0 Å². The average Bonchev–Trinajstić information content (AvgIpc) is 2.89. The molecule has 0 aliphatic rings. The molecule has 0 radical (unpaired) electrons. The molecule has 0 saturated heterocycles. The maximum absolute atomic E-state index is 11.9. The third-order valence-corrected chi connectivity index (χ3v) is 5.62. The van der Waals surface area contributed by atoms with E-state index in [1.54, 1.807) is 48.5 Å². The maximum Gasteiger partial charge on any atom is 0.413 e. The molecule has 240 valence electrons. The van der Waals surface area contributed by atoms with E-state index in [1.807, 2.05) is 55.5 Å². The molecule has 0 fully saturated rings. The van der Waals surface area contributed by atoms with Gasteiger partial charge in [0.25, 0.3) is 0 Å². The van der Waals surface area contributed by atoms with E-state index >= 15 is 0 Å². The van der Waals surface area contributed by atoms with Gasteiger partial charge in [-0.05, 0) is 121 Å². The predicted octanol–water partition coefficient (Wildman–Crippen LogP) is 8.14. The molecule has 10 heteroatoms. The van der Waals surface area contributed by atoms with Crippen molar-refractivity contribution in [3.8, 4) is 11.5 Å². The predicted molar refractivity (Wildman–Crippen MR) is 177 cm³/mol. The van der Waals surface area contributed by atoms with Crippen LogP contribution < -0.4 is 25.4 Å². The highest BCUT2D eigenvalue weighted by Gasteiger charge is 2.17. The molecule has 3 N–H and O–H groups in total. The lowest BCUT2D eigenvalue weighted by atomic mass is 10.1. The maximum atomic E-state index is 11.9. The van der Waals surface area contributed by atoms with Gasteiger partial charge in [-0.2, -0.15) is 0 Å². The van der Waals surface area contributed by atoms with Gasteiger partial charge in [0.05, 0.1) is 5.69 Å². The van der Waals surface area contributed by atoms with Gasteiger partial charge in [0.1, 0.15) is 47.6 Å². The smallest absolute Gasteiger partial charge is 0.413 e. The van der Waals surface area contributed by atoms with Crippen molar-refractivity contribution in [3.05, 3.63) is 95.8 Å². The summed E-state index contributed by atoms with van der Waals surface area (Å²) in [5.74, 6) is 2.13. The highest BCUT2D eigenvalue weighted by molar-refractivity contribution is 5.95. The van der Waals surface area contributed by atoms with Gasteiger partial charge in [-0.25, -0.2) is 14.6 Å². The number of amides is 2. The van der Waals surface area contributed by atoms with Crippen LogP contribution in [-0.2, 0) is 22.7 Å². The van der Waals surface area contributed by atoms with Crippen LogP contribution in [0.4, 0.5) is 21.0 Å². The molecule has 0 heterocycles. The molecule has 0 aromatic heterocycles. The highest BCUT2D eigenvalue weighted by Crippen LogP contribution is 2.22. The van der Waals surface area contributed by atoms with Crippen molar-refractivity contribution in [1.29, 1.82) is 0 Å². The number of alkyl carbamates (subject to hydrolysis) is 2. The molecule has 2 amide bonds. The first-order valence-electron chi connectivity index (χ1n) is 14.6. The van der Waals surface area contributed by atoms with Gasteiger partial charge in [-0.1, -0.05) is 24.3 Å². The van der Waals surface area contributed by atoms with Crippen molar-refractivity contribution in [2.75, 3.05) is 5.32 Å². The van der Waals surface area contributed by atoms with Gasteiger partial charge in [0, 0.05) is 5.69 Å². The second-order valence-electron chi connectivity index (χ2n) is 12.5. The number of nitrogens with one attached hydrogen (secondary N) is 3. The van der Waals surface area contributed by atoms with Crippen molar-refractivity contribution in [2.45, 2.75) is 79.8 Å². The Balaban J connectivity index is 1.49. The van der Waals surface area contributed by atoms with Gasteiger partial charge < -0.3 is 24.3 Å². The zero-order valence-electron chi connectivity index (χ0n) is 27.4. The number of aryl methyl sites for hydroxylation is 1. The number of carbonyl (C=O) groups is 2. The summed E-state index contributed by atoms with van der Waals surface area (Å²) in [5, 5.41) is 8.22. The lowest BCUT2D eigenvalue weighted by Crippen LogP contribution is -2.35. The summed E-state index contributed by atoms with van der Waals surface area (Å²) in [6.45, 7) is 19.1. The number of ether oxygens (including phenoxy) is 4. The first kappa shape index (κ1) is 34.5. The van der Waals surface area contributed by atoms with Gasteiger partial charge in [0.15, 0.2) is 0 Å². The fourth-order valence-electron chi connectivity index (χ4n) is 4.00. The standard InChI is InChI=1S/C35H44N4O6/c1-23-18-26(21-42-30-14-10-28(11-15-30)36-24(2)38-32(40)44-34(4,5)6)20-27(19-23)22-43-31-16-12-29(13-17-31)37-25(3)39-33(41)45-35(7,8)9/h10-20,36H,2,21-22H2,1,3-9H3,(H,38,40)(H,37,39,41). The summed E-state index contributed by atoms with van der Waals surface area (Å²) in [6.07, 6.45) is -1.12. The molecule has 0 bridgehead atoms. The summed E-state index contributed by atoms with van der Waals surface area (Å²) in [7, 11) is 0. The van der Waals surface area contributed by atoms with Crippen LogP contribution in [0.5, 0.6) is 11.5 Å². The molecular weight excluding hydrogens is 572 g/mol. The lowest BCUT2D eigenvalue weighted by Gasteiger charge is -2.20. The van der Waals surface area contributed by atoms with E-state index in [9.17, 15) is 9.59 Å². The molecule has 3 rings (SSSR count). The number of benzene rings is 3. The number of nitrogens with zero attached hydrogens (tertiary/aromatic N) is 1. The molecule has 45 heavy (non-hydrogen) atoms. The highest BCUT2D eigenvalue weighted by atomic mass is 16.6. The number of aliphatic imine (C=N–C) groups is 1. The molecule has 3 aromatic carbocycles. The monoisotopic (exact) mass is 616 g/mol. The van der Waals surface area contributed by atoms with Crippen LogP contribution in [0.1, 0.15) is 65.2 Å². The summed E-state index contributed by atoms with van der Waals surface area (Å²) in [6, 6.07) is 20.9. The minimum absolute atomic E-state index is 0.305. The van der Waals surface area contributed by atoms with Crippen LogP contribution in [0.2, 0.25) is 0 Å². The number of carbonyl (C=O) groups excluding carboxylic acids is 2. The van der Waals surface area contributed by atoms with Crippen molar-refractivity contribution in [3.63, 3.8) is 0 Å². The number of hydrogen-bond acceptors (Lipinski definition) is 8. The summed E-state index contributed by atoms with van der Waals surface area (Å²) in [5.41, 5.74) is 3.38. The largest absolute Gasteiger partial charge is 0.489 e. The van der Waals surface area contributed by atoms with Crippen LogP contribution in [0.3, 0.4) is 0 Å². The van der Waals surface area contributed by atoms with Crippen molar-refractivity contribution < 1.29 is 28.5 Å². The summed E-state index contributed by atoms with van der Waals surface area (Å²) < 4.78 is 22.5. The number of amidine groups is 1. The second-order valence-corrected chi connectivity index (χ2v) is 12.5. The molecule has 3 aromatic rings. The Hall–Kier alpha value is -4.99. The van der Waals surface area contributed by atoms with E-state index < -0.39 is 23.4 Å². The van der Waals surface area contributed by atoms with Gasteiger partial charge in [0.2, 0.25) is 0 Å². The minimum Gasteiger partial charge on any atom is -0.489 e. The number of hydrogen-bond donors (Lipinski definition) is 3. The van der Waals surface area contributed by atoms with E-state index in [2.05, 4.69) is 45.7 Å². The SMILES string of the molecule is C=C(NC(=O)OC(C)(C)C)Nc1ccc(OCc2cc(C)cc(COc3ccc(N=C(C)NC(=O)OC(C)(C)C)cc3)c2)cc1. The number of rotatable bonds is 10. The zero-order valence-corrected chi connectivity index (χ0v) is 27.4. The van der Waals surface area contributed by atoms with Crippen molar-refractivity contribution >= 4 is 29.4 Å². The Morgan fingerprint density at radius 1 is 0.733 bits per heavy atom. The first-order chi connectivity index (χ1) is 21.0. The van der Waals surface area contributed by atoms with E-state index in [4.69, 9.17) is 18.9 Å². The van der Waals surface area contributed by atoms with Crippen LogP contribution in [0, 0.1) is 6.92 Å². The molecule has 0 spiro atoms. The van der Waals surface area contributed by atoms with Crippen molar-refractivity contribution in [1.82, 2.24) is 10.6 Å². The quantitative estimate of drug-likeness (QED) is 0.155. The van der Waals surface area contributed by atoms with Gasteiger partial charge in [-0.3, -0.25) is 10.6 Å². The van der Waals surface area contributed by atoms with Crippen LogP contribution in [0.25, 0.3) is 0 Å². The third kappa shape index (κ3) is 13.5. The molecular formula is C35H44N4O6. The van der Waals surface area contributed by atoms with Crippen LogP contribution in [0.15, 0.2) is 84.1 Å². The van der Waals surface area contributed by atoms with Crippen molar-refractivity contribution in [2.24, 2.45) is 4.99 Å². The van der Waals surface area contributed by atoms with E-state index in [0.29, 0.717) is 42.1 Å². The lowest BCUT2D eigenvalue weighted by molar-refractivity contribution is 0.0540. The summed E-state index contributed by atoms with van der Waals surface area (Å²) >= 11 is 0. The minimum atomic E-state index is -0.596. The molecule has 0 aliphatic heterocycles. The molecule has 0 unspecified atom stereocenters. The van der Waals surface area contributed by atoms with E-state index in [-0.39, 0.29) is 0 Å². The fourth-order valence-corrected chi connectivity index (χ4v) is 4.00. The average molecular weight is 617 g/mol.